The quantitative estimate of drug-likeness (QED) is 0.631. The standard InChI is InChI=1S/C11H6O2S2/c12-11(8-2-1-3-13-8)9-4-7-5-14-6-10(7)15-9/h1-6H. The zero-order chi connectivity index (χ0) is 10.3. The van der Waals surface area contributed by atoms with E-state index in [0.29, 0.717) is 5.76 Å². The molecular formula is C11H6O2S2. The van der Waals surface area contributed by atoms with E-state index in [-0.39, 0.29) is 5.78 Å². The number of carbonyl (C=O) groups is 1. The lowest BCUT2D eigenvalue weighted by Gasteiger charge is -1.90. The zero-order valence-electron chi connectivity index (χ0n) is 7.60. The van der Waals surface area contributed by atoms with E-state index in [1.165, 1.54) is 17.6 Å². The van der Waals surface area contributed by atoms with E-state index >= 15 is 0 Å². The van der Waals surface area contributed by atoms with Crippen molar-refractivity contribution in [3.63, 3.8) is 0 Å². The average molecular weight is 234 g/mol. The van der Waals surface area contributed by atoms with Crippen LogP contribution in [0.5, 0.6) is 0 Å². The highest BCUT2D eigenvalue weighted by atomic mass is 32.1. The Morgan fingerprint density at radius 1 is 1.33 bits per heavy atom. The molecule has 74 valence electrons. The van der Waals surface area contributed by atoms with Gasteiger partial charge in [-0.25, -0.2) is 0 Å². The minimum absolute atomic E-state index is 0.0359. The van der Waals surface area contributed by atoms with Crippen molar-refractivity contribution in [2.75, 3.05) is 0 Å². The number of fused-ring (bicyclic) bond motifs is 1. The van der Waals surface area contributed by atoms with Gasteiger partial charge in [0.25, 0.3) is 0 Å². The average Bonchev–Trinajstić information content (AvgIpc) is 2.92. The summed E-state index contributed by atoms with van der Waals surface area (Å²) in [6, 6.07) is 5.33. The number of hydrogen-bond acceptors (Lipinski definition) is 4. The van der Waals surface area contributed by atoms with Gasteiger partial charge >= 0.3 is 0 Å². The van der Waals surface area contributed by atoms with Gasteiger partial charge in [0.05, 0.1) is 11.1 Å². The van der Waals surface area contributed by atoms with Crippen molar-refractivity contribution in [3.05, 3.63) is 45.9 Å². The fourth-order valence-electron chi connectivity index (χ4n) is 1.41. The summed E-state index contributed by atoms with van der Waals surface area (Å²) in [5.41, 5.74) is 0. The fourth-order valence-corrected chi connectivity index (χ4v) is 3.37. The van der Waals surface area contributed by atoms with Gasteiger partial charge in [0.15, 0.2) is 5.76 Å². The van der Waals surface area contributed by atoms with Crippen molar-refractivity contribution >= 4 is 38.5 Å². The van der Waals surface area contributed by atoms with Crippen LogP contribution in [-0.2, 0) is 0 Å². The predicted molar refractivity (Wildman–Crippen MR) is 61.8 cm³/mol. The largest absolute Gasteiger partial charge is 0.461 e. The Morgan fingerprint density at radius 2 is 2.27 bits per heavy atom. The highest BCUT2D eigenvalue weighted by molar-refractivity contribution is 7.24. The van der Waals surface area contributed by atoms with E-state index in [4.69, 9.17) is 4.42 Å². The molecule has 15 heavy (non-hydrogen) atoms. The molecule has 0 atom stereocenters. The predicted octanol–water partition coefficient (Wildman–Crippen LogP) is 3.79. The van der Waals surface area contributed by atoms with Gasteiger partial charge in [-0.3, -0.25) is 4.79 Å². The van der Waals surface area contributed by atoms with E-state index < -0.39 is 0 Å². The van der Waals surface area contributed by atoms with Gasteiger partial charge in [0.1, 0.15) is 0 Å². The van der Waals surface area contributed by atoms with Crippen LogP contribution in [0.3, 0.4) is 0 Å². The highest BCUT2D eigenvalue weighted by Gasteiger charge is 2.14. The molecular weight excluding hydrogens is 228 g/mol. The molecule has 3 aromatic rings. The lowest BCUT2D eigenvalue weighted by Crippen LogP contribution is -1.95. The van der Waals surface area contributed by atoms with Crippen molar-refractivity contribution in [1.29, 1.82) is 0 Å². The van der Waals surface area contributed by atoms with Gasteiger partial charge in [-0.15, -0.1) is 11.3 Å². The number of furan rings is 1. The molecule has 3 rings (SSSR count). The first-order chi connectivity index (χ1) is 7.34. The van der Waals surface area contributed by atoms with E-state index in [9.17, 15) is 4.79 Å². The topological polar surface area (TPSA) is 30.2 Å². The first-order valence-corrected chi connectivity index (χ1v) is 6.14. The van der Waals surface area contributed by atoms with Crippen LogP contribution in [0.4, 0.5) is 0 Å². The Hall–Kier alpha value is -1.39. The monoisotopic (exact) mass is 234 g/mol. The molecule has 0 aliphatic carbocycles. The maximum absolute atomic E-state index is 11.9. The van der Waals surface area contributed by atoms with E-state index in [1.807, 2.05) is 11.4 Å². The summed E-state index contributed by atoms with van der Waals surface area (Å²) in [5.74, 6) is 0.369. The molecule has 4 heteroatoms. The lowest BCUT2D eigenvalue weighted by atomic mass is 10.2. The molecule has 0 aliphatic rings. The van der Waals surface area contributed by atoms with Crippen LogP contribution in [0, 0.1) is 0 Å². The maximum atomic E-state index is 11.9. The SMILES string of the molecule is O=C(c1ccco1)c1cc2cscc2s1. The van der Waals surface area contributed by atoms with Gasteiger partial charge in [0.2, 0.25) is 5.78 Å². The molecule has 0 spiro atoms. The fraction of sp³-hybridized carbons (Fsp3) is 0. The molecule has 0 saturated carbocycles. The minimum Gasteiger partial charge on any atom is -0.461 e. The molecule has 3 heterocycles. The van der Waals surface area contributed by atoms with Crippen LogP contribution in [0.25, 0.3) is 10.1 Å². The highest BCUT2D eigenvalue weighted by Crippen LogP contribution is 2.30. The second kappa shape index (κ2) is 3.32. The van der Waals surface area contributed by atoms with Crippen LogP contribution in [0.15, 0.2) is 39.6 Å². The molecule has 0 fully saturated rings. The van der Waals surface area contributed by atoms with Crippen molar-refractivity contribution in [1.82, 2.24) is 0 Å². The molecule has 0 N–H and O–H groups in total. The number of hydrogen-bond donors (Lipinski definition) is 0. The van der Waals surface area contributed by atoms with Crippen molar-refractivity contribution in [2.45, 2.75) is 0 Å². The molecule has 0 radical (unpaired) electrons. The second-order valence-corrected chi connectivity index (χ2v) is 4.94. The Labute approximate surface area is 93.8 Å². The summed E-state index contributed by atoms with van der Waals surface area (Å²) < 4.78 is 6.24. The molecule has 3 aromatic heterocycles. The minimum atomic E-state index is -0.0359. The molecule has 0 amide bonds. The van der Waals surface area contributed by atoms with Crippen molar-refractivity contribution < 1.29 is 9.21 Å². The van der Waals surface area contributed by atoms with Gasteiger partial charge in [-0.2, -0.15) is 11.3 Å². The van der Waals surface area contributed by atoms with E-state index in [1.54, 1.807) is 23.5 Å². The van der Waals surface area contributed by atoms with Gasteiger partial charge in [-0.05, 0) is 23.6 Å². The molecule has 0 aromatic carbocycles. The second-order valence-electron chi connectivity index (χ2n) is 3.11. The first-order valence-electron chi connectivity index (χ1n) is 4.38. The Balaban J connectivity index is 2.07. The van der Waals surface area contributed by atoms with Crippen LogP contribution in [0.2, 0.25) is 0 Å². The van der Waals surface area contributed by atoms with E-state index in [2.05, 4.69) is 5.38 Å². The zero-order valence-corrected chi connectivity index (χ0v) is 9.23. The van der Waals surface area contributed by atoms with Gasteiger partial charge < -0.3 is 4.42 Å². The summed E-state index contributed by atoms with van der Waals surface area (Å²) in [6.45, 7) is 0. The number of carbonyl (C=O) groups excluding carboxylic acids is 1. The Morgan fingerprint density at radius 3 is 3.00 bits per heavy atom. The summed E-state index contributed by atoms with van der Waals surface area (Å²) in [4.78, 5) is 12.6. The smallest absolute Gasteiger partial charge is 0.238 e. The summed E-state index contributed by atoms with van der Waals surface area (Å²) in [7, 11) is 0. The van der Waals surface area contributed by atoms with Crippen LogP contribution >= 0.6 is 22.7 Å². The molecule has 2 nitrogen and oxygen atoms in total. The van der Waals surface area contributed by atoms with Crippen molar-refractivity contribution in [3.8, 4) is 0 Å². The Kier molecular flexibility index (Phi) is 1.97. The lowest BCUT2D eigenvalue weighted by molar-refractivity contribution is 0.101. The summed E-state index contributed by atoms with van der Waals surface area (Å²) in [6.07, 6.45) is 1.52. The summed E-state index contributed by atoms with van der Waals surface area (Å²) >= 11 is 3.16. The third-order valence-corrected chi connectivity index (χ3v) is 4.14. The van der Waals surface area contributed by atoms with Crippen molar-refractivity contribution in [2.24, 2.45) is 0 Å². The number of thiophene rings is 2. The van der Waals surface area contributed by atoms with E-state index in [0.717, 1.165) is 15.0 Å². The normalized spacial score (nSPS) is 10.9. The third kappa shape index (κ3) is 1.42. The molecule has 0 saturated heterocycles. The Bertz CT molecular complexity index is 573. The number of ketones is 1. The van der Waals surface area contributed by atoms with Crippen LogP contribution in [0.1, 0.15) is 15.4 Å². The summed E-state index contributed by atoms with van der Waals surface area (Å²) in [5, 5.41) is 5.24. The molecule has 0 bridgehead atoms. The maximum Gasteiger partial charge on any atom is 0.238 e. The van der Waals surface area contributed by atoms with Gasteiger partial charge in [-0.1, -0.05) is 0 Å². The first kappa shape index (κ1) is 8.88. The third-order valence-electron chi connectivity index (χ3n) is 2.13. The number of rotatable bonds is 2. The molecule has 0 unspecified atom stereocenters. The van der Waals surface area contributed by atoms with Crippen LogP contribution < -0.4 is 0 Å². The van der Waals surface area contributed by atoms with Gasteiger partial charge in [0, 0.05) is 15.5 Å². The molecule has 0 aliphatic heterocycles. The van der Waals surface area contributed by atoms with Crippen LogP contribution in [-0.4, -0.2) is 5.78 Å².